The van der Waals surface area contributed by atoms with Gasteiger partial charge in [-0.3, -0.25) is 5.73 Å². The van der Waals surface area contributed by atoms with Crippen LogP contribution in [0.3, 0.4) is 0 Å². The Balaban J connectivity index is 1.78. The Kier molecular flexibility index (Phi) is 5.69. The van der Waals surface area contributed by atoms with Gasteiger partial charge in [0.15, 0.2) is 5.76 Å². The zero-order chi connectivity index (χ0) is 19.4. The van der Waals surface area contributed by atoms with Gasteiger partial charge in [0.2, 0.25) is 6.73 Å². The maximum absolute atomic E-state index is 10.9. The van der Waals surface area contributed by atoms with E-state index < -0.39 is 14.6 Å². The summed E-state index contributed by atoms with van der Waals surface area (Å²) in [6.07, 6.45) is 2.08. The molecule has 142 valence electrons. The van der Waals surface area contributed by atoms with Gasteiger partial charge in [-0.2, -0.15) is 0 Å². The Bertz CT molecular complexity index is 967. The average Bonchev–Trinajstić information content (AvgIpc) is 3.09. The number of aliphatic hydroxyl groups excluding tert-OH is 1. The van der Waals surface area contributed by atoms with Crippen LogP contribution >= 0.6 is 7.82 Å². The molecule has 2 aromatic heterocycles. The summed E-state index contributed by atoms with van der Waals surface area (Å²) in [6.45, 7) is -0.407. The summed E-state index contributed by atoms with van der Waals surface area (Å²) >= 11 is 0. The molecule has 9 nitrogen and oxygen atoms in total. The first-order valence-corrected chi connectivity index (χ1v) is 9.51. The molecular formula is C17H19N3O6P+. The Morgan fingerprint density at radius 1 is 1.19 bits per heavy atom. The van der Waals surface area contributed by atoms with Gasteiger partial charge >= 0.3 is 7.82 Å². The SMILES string of the molecule is Nc1c(-c2cc(Cc3ccc(CO)cc3)no2)ccc[n+]1COP(=O)(O)O. The molecule has 1 aromatic carbocycles. The number of phosphoric acid groups is 1. The molecule has 3 rings (SSSR count). The Labute approximate surface area is 154 Å². The van der Waals surface area contributed by atoms with Crippen molar-refractivity contribution in [1.82, 2.24) is 5.16 Å². The van der Waals surface area contributed by atoms with Gasteiger partial charge in [-0.1, -0.05) is 29.4 Å². The highest BCUT2D eigenvalue weighted by molar-refractivity contribution is 7.46. The maximum Gasteiger partial charge on any atom is 0.472 e. The van der Waals surface area contributed by atoms with Gasteiger partial charge < -0.3 is 19.4 Å². The van der Waals surface area contributed by atoms with Crippen molar-refractivity contribution >= 4 is 13.6 Å². The van der Waals surface area contributed by atoms with Gasteiger partial charge in [0.25, 0.3) is 5.82 Å². The number of phosphoric ester groups is 1. The lowest BCUT2D eigenvalue weighted by molar-refractivity contribution is -0.711. The topological polar surface area (TPSA) is 143 Å². The van der Waals surface area contributed by atoms with Crippen molar-refractivity contribution in [3.05, 3.63) is 65.5 Å². The molecule has 0 aliphatic rings. The van der Waals surface area contributed by atoms with Crippen LogP contribution in [0.15, 0.2) is 53.2 Å². The van der Waals surface area contributed by atoms with Crippen molar-refractivity contribution in [2.45, 2.75) is 19.8 Å². The Morgan fingerprint density at radius 2 is 1.89 bits per heavy atom. The van der Waals surface area contributed by atoms with Crippen LogP contribution in [0.4, 0.5) is 5.82 Å². The molecule has 27 heavy (non-hydrogen) atoms. The summed E-state index contributed by atoms with van der Waals surface area (Å²) in [4.78, 5) is 17.6. The zero-order valence-corrected chi connectivity index (χ0v) is 15.1. The van der Waals surface area contributed by atoms with E-state index >= 15 is 0 Å². The molecule has 0 saturated carbocycles. The van der Waals surface area contributed by atoms with E-state index in [1.54, 1.807) is 18.2 Å². The molecule has 0 spiro atoms. The monoisotopic (exact) mass is 392 g/mol. The number of hydrogen-bond donors (Lipinski definition) is 4. The molecular weight excluding hydrogens is 373 g/mol. The predicted molar refractivity (Wildman–Crippen MR) is 94.8 cm³/mol. The normalized spacial score (nSPS) is 11.7. The standard InChI is InChI=1S/C17H18N3O6P/c18-17-15(2-1-7-20(17)11-25-27(22,23)24)16-9-14(19-26-16)8-12-3-5-13(10-21)6-4-12/h1-7,9,18,21H,8,10-11H2,(H2,22,23,24)/p+1. The van der Waals surface area contributed by atoms with Gasteiger partial charge in [0.1, 0.15) is 5.56 Å². The lowest BCUT2D eigenvalue weighted by Crippen LogP contribution is -2.38. The van der Waals surface area contributed by atoms with Crippen molar-refractivity contribution in [2.24, 2.45) is 0 Å². The third-order valence-corrected chi connectivity index (χ3v) is 4.35. The smallest absolute Gasteiger partial charge is 0.392 e. The molecule has 0 aliphatic carbocycles. The minimum absolute atomic E-state index is 0.00654. The number of nitrogens with two attached hydrogens (primary N) is 1. The van der Waals surface area contributed by atoms with Crippen LogP contribution < -0.4 is 10.3 Å². The minimum Gasteiger partial charge on any atom is -0.392 e. The second-order valence-corrected chi connectivity index (χ2v) is 7.10. The quantitative estimate of drug-likeness (QED) is 0.349. The van der Waals surface area contributed by atoms with Gasteiger partial charge in [0, 0.05) is 12.5 Å². The van der Waals surface area contributed by atoms with Crippen LogP contribution in [0.25, 0.3) is 11.3 Å². The highest BCUT2D eigenvalue weighted by Crippen LogP contribution is 2.35. The van der Waals surface area contributed by atoms with E-state index in [9.17, 15) is 4.57 Å². The molecule has 5 N–H and O–H groups in total. The number of aliphatic hydroxyl groups is 1. The van der Waals surface area contributed by atoms with E-state index in [0.29, 0.717) is 23.4 Å². The highest BCUT2D eigenvalue weighted by atomic mass is 31.2. The van der Waals surface area contributed by atoms with Crippen LogP contribution in [-0.2, 0) is 28.8 Å². The van der Waals surface area contributed by atoms with E-state index in [0.717, 1.165) is 11.1 Å². The fourth-order valence-corrected chi connectivity index (χ4v) is 2.79. The number of aromatic nitrogens is 2. The summed E-state index contributed by atoms with van der Waals surface area (Å²) in [5.41, 5.74) is 9.13. The fraction of sp³-hybridized carbons (Fsp3) is 0.176. The lowest BCUT2D eigenvalue weighted by Gasteiger charge is -2.07. The van der Waals surface area contributed by atoms with Crippen molar-refractivity contribution in [2.75, 3.05) is 5.73 Å². The summed E-state index contributed by atoms with van der Waals surface area (Å²) in [5, 5.41) is 13.1. The molecule has 10 heteroatoms. The number of nitrogens with zero attached hydrogens (tertiary/aromatic N) is 2. The maximum atomic E-state index is 10.9. The second-order valence-electron chi connectivity index (χ2n) is 5.86. The van der Waals surface area contributed by atoms with Crippen LogP contribution in [-0.4, -0.2) is 20.1 Å². The molecule has 0 atom stereocenters. The van der Waals surface area contributed by atoms with E-state index in [2.05, 4.69) is 9.68 Å². The first-order valence-electron chi connectivity index (χ1n) is 7.98. The van der Waals surface area contributed by atoms with Gasteiger partial charge in [-0.05, 0) is 23.3 Å². The molecule has 0 saturated heterocycles. The van der Waals surface area contributed by atoms with Gasteiger partial charge in [-0.25, -0.2) is 13.7 Å². The van der Waals surface area contributed by atoms with Crippen LogP contribution in [0.5, 0.6) is 0 Å². The summed E-state index contributed by atoms with van der Waals surface area (Å²) < 4.78 is 22.1. The van der Waals surface area contributed by atoms with E-state index in [1.165, 1.54) is 10.8 Å². The van der Waals surface area contributed by atoms with Crippen LogP contribution in [0, 0.1) is 0 Å². The molecule has 0 radical (unpaired) electrons. The fourth-order valence-electron chi connectivity index (χ4n) is 2.52. The third kappa shape index (κ3) is 5.00. The van der Waals surface area contributed by atoms with Crippen LogP contribution in [0.1, 0.15) is 16.8 Å². The third-order valence-electron chi connectivity index (χ3n) is 3.89. The molecule has 3 aromatic rings. The van der Waals surface area contributed by atoms with E-state index in [4.69, 9.17) is 25.2 Å². The molecule has 0 aliphatic heterocycles. The van der Waals surface area contributed by atoms with Crippen molar-refractivity contribution in [3.63, 3.8) is 0 Å². The minimum atomic E-state index is -4.61. The highest BCUT2D eigenvalue weighted by Gasteiger charge is 2.20. The number of hydrogen-bond acceptors (Lipinski definition) is 6. The van der Waals surface area contributed by atoms with E-state index in [1.807, 2.05) is 24.3 Å². The predicted octanol–water partition coefficient (Wildman–Crippen LogP) is 1.36. The molecule has 2 heterocycles. The lowest BCUT2D eigenvalue weighted by atomic mass is 10.1. The number of benzene rings is 1. The zero-order valence-electron chi connectivity index (χ0n) is 14.2. The summed E-state index contributed by atoms with van der Waals surface area (Å²) in [5.74, 6) is 0.654. The van der Waals surface area contributed by atoms with Gasteiger partial charge in [0.05, 0.1) is 18.5 Å². The van der Waals surface area contributed by atoms with Crippen molar-refractivity contribution in [3.8, 4) is 11.3 Å². The molecule has 0 unspecified atom stereocenters. The summed E-state index contributed by atoms with van der Waals surface area (Å²) in [7, 11) is -4.61. The van der Waals surface area contributed by atoms with Crippen molar-refractivity contribution in [1.29, 1.82) is 0 Å². The first-order chi connectivity index (χ1) is 12.9. The number of pyridine rings is 1. The average molecular weight is 392 g/mol. The van der Waals surface area contributed by atoms with E-state index in [-0.39, 0.29) is 12.4 Å². The summed E-state index contributed by atoms with van der Waals surface area (Å²) in [6, 6.07) is 12.6. The molecule has 0 fully saturated rings. The second kappa shape index (κ2) is 7.99. The number of anilines is 1. The Hall–Kier alpha value is -2.55. The number of rotatable bonds is 7. The van der Waals surface area contributed by atoms with Crippen molar-refractivity contribution < 1.29 is 33.1 Å². The first kappa shape index (κ1) is 19.2. The molecule has 0 bridgehead atoms. The van der Waals surface area contributed by atoms with Crippen LogP contribution in [0.2, 0.25) is 0 Å². The Morgan fingerprint density at radius 3 is 2.56 bits per heavy atom. The largest absolute Gasteiger partial charge is 0.472 e. The molecule has 0 amide bonds. The number of nitrogen functional groups attached to an aromatic ring is 1. The van der Waals surface area contributed by atoms with Gasteiger partial charge in [-0.15, -0.1) is 0 Å².